The van der Waals surface area contributed by atoms with E-state index < -0.39 is 0 Å². The van der Waals surface area contributed by atoms with Crippen LogP contribution in [0.3, 0.4) is 0 Å². The second-order valence-corrected chi connectivity index (χ2v) is 6.60. The molecule has 2 unspecified atom stereocenters. The van der Waals surface area contributed by atoms with E-state index in [2.05, 4.69) is 36.1 Å². The van der Waals surface area contributed by atoms with Gasteiger partial charge in [0.15, 0.2) is 0 Å². The van der Waals surface area contributed by atoms with Gasteiger partial charge in [0.25, 0.3) is 0 Å². The van der Waals surface area contributed by atoms with Gasteiger partial charge in [0.05, 0.1) is 0 Å². The largest absolute Gasteiger partial charge is 0.329 e. The summed E-state index contributed by atoms with van der Waals surface area (Å²) < 4.78 is 0. The molecule has 1 saturated carbocycles. The fraction of sp³-hybridized carbons (Fsp3) is 0.667. The van der Waals surface area contributed by atoms with E-state index in [-0.39, 0.29) is 5.54 Å². The maximum Gasteiger partial charge on any atom is 0.0363 e. The lowest BCUT2D eigenvalue weighted by atomic mass is 9.69. The van der Waals surface area contributed by atoms with Crippen LogP contribution in [0.15, 0.2) is 24.3 Å². The van der Waals surface area contributed by atoms with Gasteiger partial charge in [0.2, 0.25) is 0 Å². The Kier molecular flexibility index (Phi) is 4.13. The summed E-state index contributed by atoms with van der Waals surface area (Å²) in [5, 5.41) is 0. The lowest BCUT2D eigenvalue weighted by Crippen LogP contribution is -2.60. The van der Waals surface area contributed by atoms with Gasteiger partial charge in [0.1, 0.15) is 0 Å². The van der Waals surface area contributed by atoms with Gasteiger partial charge in [-0.15, -0.1) is 0 Å². The minimum absolute atomic E-state index is 0.264. The predicted octanol–water partition coefficient (Wildman–Crippen LogP) is 3.34. The van der Waals surface area contributed by atoms with Crippen LogP contribution in [0.5, 0.6) is 0 Å². The summed E-state index contributed by atoms with van der Waals surface area (Å²) in [6.45, 7) is 5.46. The summed E-state index contributed by atoms with van der Waals surface area (Å²) in [7, 11) is 0. The third kappa shape index (κ3) is 2.29. The summed E-state index contributed by atoms with van der Waals surface area (Å²) in [6.07, 6.45) is 7.87. The summed E-state index contributed by atoms with van der Waals surface area (Å²) in [5.74, 6) is 0.784. The molecular weight excluding hydrogens is 244 g/mol. The monoisotopic (exact) mass is 272 g/mol. The molecule has 110 valence electrons. The lowest BCUT2D eigenvalue weighted by molar-refractivity contribution is -0.00589. The SMILES string of the molecule is CCC1CCCCC1(CN)N1CCc2ccccc2C1. The second-order valence-electron chi connectivity index (χ2n) is 6.60. The normalized spacial score (nSPS) is 31.0. The van der Waals surface area contributed by atoms with Crippen molar-refractivity contribution in [1.82, 2.24) is 4.90 Å². The van der Waals surface area contributed by atoms with Gasteiger partial charge in [0, 0.05) is 25.2 Å². The molecule has 2 heteroatoms. The van der Waals surface area contributed by atoms with E-state index in [9.17, 15) is 0 Å². The average molecular weight is 272 g/mol. The average Bonchev–Trinajstić information content (AvgIpc) is 2.54. The number of hydrogen-bond donors (Lipinski definition) is 1. The lowest BCUT2D eigenvalue weighted by Gasteiger charge is -2.52. The van der Waals surface area contributed by atoms with Crippen molar-refractivity contribution in [3.8, 4) is 0 Å². The highest BCUT2D eigenvalue weighted by Gasteiger charge is 2.44. The smallest absolute Gasteiger partial charge is 0.0363 e. The van der Waals surface area contributed by atoms with Crippen molar-refractivity contribution in [2.24, 2.45) is 11.7 Å². The number of benzene rings is 1. The van der Waals surface area contributed by atoms with Crippen LogP contribution in [-0.2, 0) is 13.0 Å². The molecule has 2 atom stereocenters. The van der Waals surface area contributed by atoms with Gasteiger partial charge in [-0.3, -0.25) is 4.90 Å². The molecule has 0 radical (unpaired) electrons. The molecule has 1 aromatic carbocycles. The fourth-order valence-corrected chi connectivity index (χ4v) is 4.57. The molecule has 1 fully saturated rings. The van der Waals surface area contributed by atoms with Crippen LogP contribution in [0.25, 0.3) is 0 Å². The molecule has 2 N–H and O–H groups in total. The van der Waals surface area contributed by atoms with Crippen molar-refractivity contribution in [2.45, 2.75) is 57.5 Å². The first-order chi connectivity index (χ1) is 9.80. The Hall–Kier alpha value is -0.860. The van der Waals surface area contributed by atoms with Crippen molar-refractivity contribution in [3.63, 3.8) is 0 Å². The molecule has 3 rings (SSSR count). The number of nitrogens with zero attached hydrogens (tertiary/aromatic N) is 1. The highest BCUT2D eigenvalue weighted by atomic mass is 15.2. The molecule has 2 aliphatic rings. The second kappa shape index (κ2) is 5.87. The maximum atomic E-state index is 6.31. The maximum absolute atomic E-state index is 6.31. The van der Waals surface area contributed by atoms with E-state index in [1.807, 2.05) is 0 Å². The van der Waals surface area contributed by atoms with Crippen molar-refractivity contribution >= 4 is 0 Å². The molecule has 1 heterocycles. The molecule has 1 aromatic rings. The van der Waals surface area contributed by atoms with E-state index >= 15 is 0 Å². The Bertz CT molecular complexity index is 456. The molecule has 20 heavy (non-hydrogen) atoms. The molecule has 0 bridgehead atoms. The fourth-order valence-electron chi connectivity index (χ4n) is 4.57. The Balaban J connectivity index is 1.87. The molecule has 2 nitrogen and oxygen atoms in total. The third-order valence-electron chi connectivity index (χ3n) is 5.78. The summed E-state index contributed by atoms with van der Waals surface area (Å²) in [4.78, 5) is 2.72. The van der Waals surface area contributed by atoms with Crippen LogP contribution >= 0.6 is 0 Å². The summed E-state index contributed by atoms with van der Waals surface area (Å²) in [5.41, 5.74) is 9.64. The van der Waals surface area contributed by atoms with Gasteiger partial charge in [-0.05, 0) is 36.3 Å². The quantitative estimate of drug-likeness (QED) is 0.914. The topological polar surface area (TPSA) is 29.3 Å². The van der Waals surface area contributed by atoms with Gasteiger partial charge >= 0.3 is 0 Å². The van der Waals surface area contributed by atoms with Crippen LogP contribution in [0.4, 0.5) is 0 Å². The summed E-state index contributed by atoms with van der Waals surface area (Å²) in [6, 6.07) is 8.94. The number of rotatable bonds is 3. The van der Waals surface area contributed by atoms with E-state index in [0.717, 1.165) is 19.0 Å². The molecule has 0 saturated heterocycles. The first kappa shape index (κ1) is 14.1. The van der Waals surface area contributed by atoms with Crippen LogP contribution < -0.4 is 5.73 Å². The van der Waals surface area contributed by atoms with Gasteiger partial charge in [-0.2, -0.15) is 0 Å². The highest BCUT2D eigenvalue weighted by molar-refractivity contribution is 5.29. The molecule has 1 aliphatic heterocycles. The van der Waals surface area contributed by atoms with Gasteiger partial charge < -0.3 is 5.73 Å². The van der Waals surface area contributed by atoms with E-state index in [4.69, 9.17) is 5.73 Å². The van der Waals surface area contributed by atoms with E-state index in [1.54, 1.807) is 5.56 Å². The Labute approximate surface area is 123 Å². The molecule has 1 aliphatic carbocycles. The Morgan fingerprint density at radius 1 is 1.25 bits per heavy atom. The number of hydrogen-bond acceptors (Lipinski definition) is 2. The highest BCUT2D eigenvalue weighted by Crippen LogP contribution is 2.41. The first-order valence-electron chi connectivity index (χ1n) is 8.32. The minimum Gasteiger partial charge on any atom is -0.329 e. The zero-order chi connectivity index (χ0) is 14.0. The molecule has 0 aromatic heterocycles. The van der Waals surface area contributed by atoms with Crippen molar-refractivity contribution in [3.05, 3.63) is 35.4 Å². The van der Waals surface area contributed by atoms with Crippen molar-refractivity contribution in [1.29, 1.82) is 0 Å². The van der Waals surface area contributed by atoms with Gasteiger partial charge in [-0.25, -0.2) is 0 Å². The molecule has 0 spiro atoms. The number of fused-ring (bicyclic) bond motifs is 1. The number of nitrogens with two attached hydrogens (primary N) is 1. The molecule has 0 amide bonds. The zero-order valence-corrected chi connectivity index (χ0v) is 12.8. The Morgan fingerprint density at radius 3 is 2.80 bits per heavy atom. The van der Waals surface area contributed by atoms with Crippen LogP contribution in [0.1, 0.15) is 50.2 Å². The van der Waals surface area contributed by atoms with Gasteiger partial charge in [-0.1, -0.05) is 50.5 Å². The Morgan fingerprint density at radius 2 is 2.05 bits per heavy atom. The minimum atomic E-state index is 0.264. The van der Waals surface area contributed by atoms with Crippen molar-refractivity contribution in [2.75, 3.05) is 13.1 Å². The first-order valence-corrected chi connectivity index (χ1v) is 8.32. The zero-order valence-electron chi connectivity index (χ0n) is 12.8. The third-order valence-corrected chi connectivity index (χ3v) is 5.78. The van der Waals surface area contributed by atoms with E-state index in [1.165, 1.54) is 50.6 Å². The molecular formula is C18H28N2. The standard InChI is InChI=1S/C18H28N2/c1-2-17-9-5-6-11-18(17,14-19)20-12-10-15-7-3-4-8-16(15)13-20/h3-4,7-8,17H,2,5-6,9-14,19H2,1H3. The van der Waals surface area contributed by atoms with Crippen LogP contribution in [0, 0.1) is 5.92 Å². The van der Waals surface area contributed by atoms with Crippen LogP contribution in [0.2, 0.25) is 0 Å². The summed E-state index contributed by atoms with van der Waals surface area (Å²) >= 11 is 0. The van der Waals surface area contributed by atoms with Crippen LogP contribution in [-0.4, -0.2) is 23.5 Å². The van der Waals surface area contributed by atoms with E-state index in [0.29, 0.717) is 0 Å². The van der Waals surface area contributed by atoms with Crippen molar-refractivity contribution < 1.29 is 0 Å². The predicted molar refractivity (Wildman–Crippen MR) is 84.6 cm³/mol.